The van der Waals surface area contributed by atoms with Crippen molar-refractivity contribution in [2.45, 2.75) is 6.54 Å². The molecule has 0 unspecified atom stereocenters. The van der Waals surface area contributed by atoms with Crippen LogP contribution in [0.25, 0.3) is 0 Å². The van der Waals surface area contributed by atoms with Crippen molar-refractivity contribution in [1.82, 2.24) is 5.32 Å². The van der Waals surface area contributed by atoms with Crippen LogP contribution in [0.1, 0.15) is 11.1 Å². The maximum Gasteiger partial charge on any atom is 0.261 e. The second-order valence-corrected chi connectivity index (χ2v) is 5.72. The van der Waals surface area contributed by atoms with E-state index in [2.05, 4.69) is 26.4 Å². The van der Waals surface area contributed by atoms with E-state index >= 15 is 0 Å². The lowest BCUT2D eigenvalue weighted by Gasteiger charge is -2.04. The molecular weight excluding hydrogens is 368 g/mol. The Kier molecular flexibility index (Phi) is 6.43. The smallest absolute Gasteiger partial charge is 0.261 e. The lowest BCUT2D eigenvalue weighted by Crippen LogP contribution is -2.26. The van der Waals surface area contributed by atoms with Gasteiger partial charge in [0.15, 0.2) is 6.61 Å². The average Bonchev–Trinajstić information content (AvgIpc) is 2.52. The second-order valence-electron chi connectivity index (χ2n) is 4.43. The molecule has 0 aromatic heterocycles. The summed E-state index contributed by atoms with van der Waals surface area (Å²) < 4.78 is 0.912. The molecule has 0 aliphatic rings. The molecule has 114 valence electrons. The van der Waals surface area contributed by atoms with Gasteiger partial charge >= 0.3 is 0 Å². The van der Waals surface area contributed by atoms with E-state index in [4.69, 9.17) is 16.4 Å². The number of nitrogens with zero attached hydrogens (tertiary/aromatic N) is 1. The lowest BCUT2D eigenvalue weighted by molar-refractivity contribution is -0.125. The van der Waals surface area contributed by atoms with Crippen LogP contribution in [0.2, 0.25) is 5.02 Å². The molecule has 1 amide bonds. The molecule has 4 nitrogen and oxygen atoms in total. The van der Waals surface area contributed by atoms with E-state index in [0.717, 1.165) is 15.6 Å². The van der Waals surface area contributed by atoms with Gasteiger partial charge in [0.1, 0.15) is 0 Å². The Morgan fingerprint density at radius 3 is 2.68 bits per heavy atom. The second kappa shape index (κ2) is 8.56. The molecule has 0 fully saturated rings. The van der Waals surface area contributed by atoms with Crippen LogP contribution in [0.15, 0.2) is 58.2 Å². The molecule has 0 aliphatic heterocycles. The third-order valence-electron chi connectivity index (χ3n) is 2.77. The number of rotatable bonds is 6. The molecule has 0 atom stereocenters. The van der Waals surface area contributed by atoms with Crippen molar-refractivity contribution in [3.8, 4) is 0 Å². The van der Waals surface area contributed by atoms with Gasteiger partial charge < -0.3 is 10.2 Å². The molecule has 22 heavy (non-hydrogen) atoms. The van der Waals surface area contributed by atoms with E-state index in [1.807, 2.05) is 36.4 Å². The van der Waals surface area contributed by atoms with Gasteiger partial charge in [0, 0.05) is 21.6 Å². The number of carbonyl (C=O) groups excluding carboxylic acids is 1. The highest BCUT2D eigenvalue weighted by Gasteiger charge is 2.01. The highest BCUT2D eigenvalue weighted by Crippen LogP contribution is 2.13. The fourth-order valence-corrected chi connectivity index (χ4v) is 2.14. The first-order chi connectivity index (χ1) is 10.6. The van der Waals surface area contributed by atoms with Crippen LogP contribution in [-0.2, 0) is 16.2 Å². The molecule has 0 saturated heterocycles. The van der Waals surface area contributed by atoms with Crippen molar-refractivity contribution in [2.75, 3.05) is 6.61 Å². The molecular formula is C16H14BrClN2O2. The van der Waals surface area contributed by atoms with Gasteiger partial charge in [-0.05, 0) is 23.8 Å². The summed E-state index contributed by atoms with van der Waals surface area (Å²) in [5.41, 5.74) is 1.85. The molecule has 0 bridgehead atoms. The molecule has 0 spiro atoms. The van der Waals surface area contributed by atoms with Crippen LogP contribution < -0.4 is 5.32 Å². The molecule has 0 heterocycles. The third-order valence-corrected chi connectivity index (χ3v) is 3.74. The van der Waals surface area contributed by atoms with E-state index in [0.29, 0.717) is 11.6 Å². The SMILES string of the molecule is O=C(CO/N=C\c1ccccc1Br)NCc1ccc(Cl)cc1. The summed E-state index contributed by atoms with van der Waals surface area (Å²) >= 11 is 9.19. The summed E-state index contributed by atoms with van der Waals surface area (Å²) in [6, 6.07) is 14.9. The van der Waals surface area contributed by atoms with Crippen molar-refractivity contribution in [3.63, 3.8) is 0 Å². The number of halogens is 2. The summed E-state index contributed by atoms with van der Waals surface area (Å²) in [4.78, 5) is 16.6. The summed E-state index contributed by atoms with van der Waals surface area (Å²) in [7, 11) is 0. The summed E-state index contributed by atoms with van der Waals surface area (Å²) in [6.45, 7) is 0.294. The zero-order chi connectivity index (χ0) is 15.8. The Hall–Kier alpha value is -1.85. The van der Waals surface area contributed by atoms with Gasteiger partial charge in [-0.15, -0.1) is 0 Å². The minimum Gasteiger partial charge on any atom is -0.386 e. The van der Waals surface area contributed by atoms with Crippen molar-refractivity contribution >= 4 is 39.7 Å². The molecule has 2 rings (SSSR count). The third kappa shape index (κ3) is 5.50. The fraction of sp³-hybridized carbons (Fsp3) is 0.125. The van der Waals surface area contributed by atoms with E-state index in [1.54, 1.807) is 18.3 Å². The Morgan fingerprint density at radius 1 is 1.23 bits per heavy atom. The number of oxime groups is 1. The highest BCUT2D eigenvalue weighted by molar-refractivity contribution is 9.10. The monoisotopic (exact) mass is 380 g/mol. The standard InChI is InChI=1S/C16H14BrClN2O2/c17-15-4-2-1-3-13(15)10-20-22-11-16(21)19-9-12-5-7-14(18)8-6-12/h1-8,10H,9,11H2,(H,19,21)/b20-10-. The molecule has 0 aliphatic carbocycles. The van der Waals surface area contributed by atoms with Crippen LogP contribution >= 0.6 is 27.5 Å². The zero-order valence-corrected chi connectivity index (χ0v) is 14.0. The number of amides is 1. The Morgan fingerprint density at radius 2 is 1.95 bits per heavy atom. The van der Waals surface area contributed by atoms with Crippen molar-refractivity contribution in [1.29, 1.82) is 0 Å². The van der Waals surface area contributed by atoms with E-state index in [-0.39, 0.29) is 12.5 Å². The predicted molar refractivity (Wildman–Crippen MR) is 91.0 cm³/mol. The lowest BCUT2D eigenvalue weighted by atomic mass is 10.2. The average molecular weight is 382 g/mol. The maximum atomic E-state index is 11.6. The van der Waals surface area contributed by atoms with Crippen LogP contribution in [0.4, 0.5) is 0 Å². The van der Waals surface area contributed by atoms with Gasteiger partial charge in [-0.3, -0.25) is 4.79 Å². The van der Waals surface area contributed by atoms with Gasteiger partial charge in [-0.1, -0.05) is 63.0 Å². The summed E-state index contributed by atoms with van der Waals surface area (Å²) in [5, 5.41) is 7.18. The van der Waals surface area contributed by atoms with Crippen LogP contribution in [0.5, 0.6) is 0 Å². The fourth-order valence-electron chi connectivity index (χ4n) is 1.62. The van der Waals surface area contributed by atoms with Crippen molar-refractivity contribution in [2.24, 2.45) is 5.16 Å². The molecule has 0 saturated carbocycles. The minimum absolute atomic E-state index is 0.130. The molecule has 6 heteroatoms. The topological polar surface area (TPSA) is 50.7 Å². The van der Waals surface area contributed by atoms with Gasteiger partial charge in [-0.25, -0.2) is 0 Å². The first kappa shape index (κ1) is 16.5. The molecule has 1 N–H and O–H groups in total. The van der Waals surface area contributed by atoms with Crippen molar-refractivity contribution in [3.05, 3.63) is 69.2 Å². The molecule has 2 aromatic rings. The Balaban J connectivity index is 1.72. The van der Waals surface area contributed by atoms with E-state index in [9.17, 15) is 4.79 Å². The normalized spacial score (nSPS) is 10.6. The quantitative estimate of drug-likeness (QED) is 0.612. The highest BCUT2D eigenvalue weighted by atomic mass is 79.9. The Labute approximate surface area is 142 Å². The largest absolute Gasteiger partial charge is 0.386 e. The van der Waals surface area contributed by atoms with Crippen LogP contribution in [0, 0.1) is 0 Å². The number of hydrogen-bond acceptors (Lipinski definition) is 3. The minimum atomic E-state index is -0.237. The van der Waals surface area contributed by atoms with Gasteiger partial charge in [0.2, 0.25) is 0 Å². The summed E-state index contributed by atoms with van der Waals surface area (Å²) in [5.74, 6) is -0.237. The van der Waals surface area contributed by atoms with Crippen LogP contribution in [-0.4, -0.2) is 18.7 Å². The maximum absolute atomic E-state index is 11.6. The molecule has 0 radical (unpaired) electrons. The van der Waals surface area contributed by atoms with E-state index < -0.39 is 0 Å². The zero-order valence-electron chi connectivity index (χ0n) is 11.6. The summed E-state index contributed by atoms with van der Waals surface area (Å²) in [6.07, 6.45) is 1.55. The number of benzene rings is 2. The first-order valence-corrected chi connectivity index (χ1v) is 7.73. The number of carbonyl (C=O) groups is 1. The first-order valence-electron chi connectivity index (χ1n) is 6.56. The van der Waals surface area contributed by atoms with Crippen LogP contribution in [0.3, 0.4) is 0 Å². The predicted octanol–water partition coefficient (Wildman–Crippen LogP) is 3.77. The number of hydrogen-bond donors (Lipinski definition) is 1. The van der Waals surface area contributed by atoms with Gasteiger partial charge in [0.05, 0.1) is 6.21 Å². The molecule has 2 aromatic carbocycles. The Bertz CT molecular complexity index is 659. The van der Waals surface area contributed by atoms with Gasteiger partial charge in [-0.2, -0.15) is 0 Å². The number of nitrogens with one attached hydrogen (secondary N) is 1. The van der Waals surface area contributed by atoms with Crippen molar-refractivity contribution < 1.29 is 9.63 Å². The van der Waals surface area contributed by atoms with Gasteiger partial charge in [0.25, 0.3) is 5.91 Å². The van der Waals surface area contributed by atoms with E-state index in [1.165, 1.54) is 0 Å².